The highest BCUT2D eigenvalue weighted by Crippen LogP contribution is 2.32. The van der Waals surface area contributed by atoms with Crippen LogP contribution in [0.4, 0.5) is 0 Å². The minimum atomic E-state index is -0.727. The lowest BCUT2D eigenvalue weighted by Gasteiger charge is -2.29. The number of nitrogens with two attached hydrogens (primary N) is 1. The summed E-state index contributed by atoms with van der Waals surface area (Å²) < 4.78 is 0. The molecule has 3 N–H and O–H groups in total. The Kier molecular flexibility index (Phi) is 6.57. The minimum absolute atomic E-state index is 0.254. The van der Waals surface area contributed by atoms with E-state index in [9.17, 15) is 9.90 Å². The Bertz CT molecular complexity index is 192. The summed E-state index contributed by atoms with van der Waals surface area (Å²) in [6.07, 6.45) is 4.56. The van der Waals surface area contributed by atoms with E-state index in [1.165, 1.54) is 0 Å². The van der Waals surface area contributed by atoms with E-state index in [4.69, 9.17) is 5.73 Å². The maximum absolute atomic E-state index is 11.3. The molecule has 0 saturated carbocycles. The van der Waals surface area contributed by atoms with Crippen LogP contribution >= 0.6 is 0 Å². The molecule has 1 atom stereocenters. The molecule has 0 amide bonds. The van der Waals surface area contributed by atoms with Crippen LogP contribution in [0, 0.1) is 11.3 Å². The second-order valence-electron chi connectivity index (χ2n) is 4.84. The molecule has 0 radical (unpaired) electrons. The van der Waals surface area contributed by atoms with Crippen molar-refractivity contribution in [2.45, 2.75) is 52.9 Å². The first-order chi connectivity index (χ1) is 6.98. The van der Waals surface area contributed by atoms with Crippen molar-refractivity contribution in [1.29, 1.82) is 0 Å². The molecule has 90 valence electrons. The van der Waals surface area contributed by atoms with Gasteiger partial charge in [0.25, 0.3) is 0 Å². The number of aliphatic carboxylic acids is 1. The minimum Gasteiger partial charge on any atom is -0.481 e. The number of carboxylic acid groups (broad SMARTS) is 1. The SMILES string of the molecule is CCCCCC(CN)(CC(C)C)C(=O)O. The van der Waals surface area contributed by atoms with Crippen LogP contribution < -0.4 is 5.73 Å². The topological polar surface area (TPSA) is 63.3 Å². The molecule has 0 aliphatic heterocycles. The molecule has 0 aromatic carbocycles. The van der Waals surface area contributed by atoms with Crippen LogP contribution in [-0.4, -0.2) is 17.6 Å². The van der Waals surface area contributed by atoms with Gasteiger partial charge >= 0.3 is 5.97 Å². The van der Waals surface area contributed by atoms with Gasteiger partial charge in [-0.05, 0) is 18.8 Å². The third kappa shape index (κ3) is 4.65. The Hall–Kier alpha value is -0.570. The van der Waals surface area contributed by atoms with Gasteiger partial charge in [0.15, 0.2) is 0 Å². The molecule has 1 unspecified atom stereocenters. The molecule has 0 aliphatic rings. The molecule has 3 heteroatoms. The highest BCUT2D eigenvalue weighted by Gasteiger charge is 2.36. The lowest BCUT2D eigenvalue weighted by Crippen LogP contribution is -2.39. The van der Waals surface area contributed by atoms with Crippen molar-refractivity contribution >= 4 is 5.97 Å². The van der Waals surface area contributed by atoms with Crippen molar-refractivity contribution in [3.05, 3.63) is 0 Å². The zero-order chi connectivity index (χ0) is 11.9. The van der Waals surface area contributed by atoms with Gasteiger partial charge in [0, 0.05) is 6.54 Å². The van der Waals surface area contributed by atoms with Crippen LogP contribution in [0.25, 0.3) is 0 Å². The largest absolute Gasteiger partial charge is 0.481 e. The molecule has 0 spiro atoms. The van der Waals surface area contributed by atoms with E-state index in [1.807, 2.05) is 13.8 Å². The average molecular weight is 215 g/mol. The van der Waals surface area contributed by atoms with Crippen LogP contribution in [0.2, 0.25) is 0 Å². The fourth-order valence-electron chi connectivity index (χ4n) is 2.06. The van der Waals surface area contributed by atoms with Gasteiger partial charge in [-0.3, -0.25) is 4.79 Å². The fourth-order valence-corrected chi connectivity index (χ4v) is 2.06. The molecule has 0 rings (SSSR count). The average Bonchev–Trinajstić information content (AvgIpc) is 2.15. The Balaban J connectivity index is 4.44. The molecule has 15 heavy (non-hydrogen) atoms. The predicted molar refractivity (Wildman–Crippen MR) is 62.7 cm³/mol. The zero-order valence-electron chi connectivity index (χ0n) is 10.3. The van der Waals surface area contributed by atoms with Crippen molar-refractivity contribution in [2.75, 3.05) is 6.54 Å². The van der Waals surface area contributed by atoms with E-state index in [0.717, 1.165) is 19.3 Å². The second-order valence-corrected chi connectivity index (χ2v) is 4.84. The van der Waals surface area contributed by atoms with Crippen molar-refractivity contribution < 1.29 is 9.90 Å². The quantitative estimate of drug-likeness (QED) is 0.612. The standard InChI is InChI=1S/C12H25NO2/c1-4-5-6-7-12(9-13,11(14)15)8-10(2)3/h10H,4-9,13H2,1-3H3,(H,14,15). The molecule has 0 fully saturated rings. The van der Waals surface area contributed by atoms with E-state index in [1.54, 1.807) is 0 Å². The van der Waals surface area contributed by atoms with Gasteiger partial charge in [-0.2, -0.15) is 0 Å². The first-order valence-corrected chi connectivity index (χ1v) is 5.92. The number of rotatable bonds is 8. The lowest BCUT2D eigenvalue weighted by molar-refractivity contribution is -0.150. The zero-order valence-corrected chi connectivity index (χ0v) is 10.3. The van der Waals surface area contributed by atoms with E-state index >= 15 is 0 Å². The molecule has 0 heterocycles. The number of hydrogen-bond donors (Lipinski definition) is 2. The van der Waals surface area contributed by atoms with E-state index in [2.05, 4.69) is 6.92 Å². The summed E-state index contributed by atoms with van der Waals surface area (Å²) in [5, 5.41) is 9.29. The van der Waals surface area contributed by atoms with E-state index < -0.39 is 11.4 Å². The van der Waals surface area contributed by atoms with Gasteiger partial charge in [-0.15, -0.1) is 0 Å². The summed E-state index contributed by atoms with van der Waals surface area (Å²) in [5.74, 6) is -0.346. The van der Waals surface area contributed by atoms with Gasteiger partial charge in [-0.25, -0.2) is 0 Å². The summed E-state index contributed by atoms with van der Waals surface area (Å²) >= 11 is 0. The number of carboxylic acids is 1. The first kappa shape index (κ1) is 14.4. The summed E-state index contributed by atoms with van der Waals surface area (Å²) in [7, 11) is 0. The van der Waals surface area contributed by atoms with Gasteiger partial charge in [0.2, 0.25) is 0 Å². The molecular formula is C12H25NO2. The normalized spacial score (nSPS) is 15.3. The highest BCUT2D eigenvalue weighted by molar-refractivity contribution is 5.74. The Morgan fingerprint density at radius 1 is 1.40 bits per heavy atom. The van der Waals surface area contributed by atoms with Crippen LogP contribution in [0.15, 0.2) is 0 Å². The van der Waals surface area contributed by atoms with Gasteiger partial charge in [-0.1, -0.05) is 40.0 Å². The molecule has 3 nitrogen and oxygen atoms in total. The lowest BCUT2D eigenvalue weighted by atomic mass is 9.76. The maximum atomic E-state index is 11.3. The first-order valence-electron chi connectivity index (χ1n) is 5.92. The third-order valence-electron chi connectivity index (χ3n) is 2.90. The van der Waals surface area contributed by atoms with Crippen LogP contribution in [0.5, 0.6) is 0 Å². The van der Waals surface area contributed by atoms with Crippen LogP contribution in [0.3, 0.4) is 0 Å². The third-order valence-corrected chi connectivity index (χ3v) is 2.90. The van der Waals surface area contributed by atoms with Crippen LogP contribution in [-0.2, 0) is 4.79 Å². The Labute approximate surface area is 93.0 Å². The van der Waals surface area contributed by atoms with Crippen molar-refractivity contribution in [2.24, 2.45) is 17.1 Å². The highest BCUT2D eigenvalue weighted by atomic mass is 16.4. The molecule has 0 aliphatic carbocycles. The van der Waals surface area contributed by atoms with E-state index in [-0.39, 0.29) is 6.54 Å². The Morgan fingerprint density at radius 3 is 2.33 bits per heavy atom. The molecule has 0 aromatic heterocycles. The number of carbonyl (C=O) groups is 1. The predicted octanol–water partition coefficient (Wildman–Crippen LogP) is 2.64. The summed E-state index contributed by atoms with van der Waals surface area (Å²) in [6.45, 7) is 6.47. The van der Waals surface area contributed by atoms with Gasteiger partial charge in [0.1, 0.15) is 0 Å². The van der Waals surface area contributed by atoms with Crippen molar-refractivity contribution in [3.63, 3.8) is 0 Å². The second kappa shape index (κ2) is 6.83. The Morgan fingerprint density at radius 2 is 2.00 bits per heavy atom. The number of hydrogen-bond acceptors (Lipinski definition) is 2. The molecule has 0 aromatic rings. The summed E-state index contributed by atoms with van der Waals surface area (Å²) in [5.41, 5.74) is 4.97. The van der Waals surface area contributed by atoms with E-state index in [0.29, 0.717) is 18.8 Å². The number of unbranched alkanes of at least 4 members (excludes halogenated alkanes) is 2. The van der Waals surface area contributed by atoms with Crippen LogP contribution in [0.1, 0.15) is 52.9 Å². The molecule has 0 bridgehead atoms. The summed E-state index contributed by atoms with van der Waals surface area (Å²) in [4.78, 5) is 11.3. The monoisotopic (exact) mass is 215 g/mol. The van der Waals surface area contributed by atoms with Crippen molar-refractivity contribution in [1.82, 2.24) is 0 Å². The maximum Gasteiger partial charge on any atom is 0.310 e. The van der Waals surface area contributed by atoms with Crippen molar-refractivity contribution in [3.8, 4) is 0 Å². The van der Waals surface area contributed by atoms with Gasteiger partial charge < -0.3 is 10.8 Å². The molecular weight excluding hydrogens is 190 g/mol. The summed E-state index contributed by atoms with van der Waals surface area (Å²) in [6, 6.07) is 0. The smallest absolute Gasteiger partial charge is 0.310 e. The van der Waals surface area contributed by atoms with Gasteiger partial charge in [0.05, 0.1) is 5.41 Å². The molecule has 0 saturated heterocycles. The fraction of sp³-hybridized carbons (Fsp3) is 0.917.